The van der Waals surface area contributed by atoms with Gasteiger partial charge in [0.25, 0.3) is 0 Å². The van der Waals surface area contributed by atoms with Crippen LogP contribution in [0.3, 0.4) is 0 Å². The summed E-state index contributed by atoms with van der Waals surface area (Å²) in [6, 6.07) is 1.62. The number of carbonyl (C=O) groups excluding carboxylic acids is 1. The number of hydrogen-bond acceptors (Lipinski definition) is 3. The second-order valence-electron chi connectivity index (χ2n) is 1.99. The highest BCUT2D eigenvalue weighted by Crippen LogP contribution is 2.17. The SMILES string of the molecule is Cc1cc(N=C=O)ncc1Cl. The van der Waals surface area contributed by atoms with Crippen LogP contribution in [0, 0.1) is 6.92 Å². The molecule has 4 heteroatoms. The summed E-state index contributed by atoms with van der Waals surface area (Å²) in [4.78, 5) is 16.9. The molecule has 0 N–H and O–H groups in total. The highest BCUT2D eigenvalue weighted by atomic mass is 35.5. The third-order valence-electron chi connectivity index (χ3n) is 1.19. The number of pyridine rings is 1. The predicted octanol–water partition coefficient (Wildman–Crippen LogP) is 2.01. The molecule has 0 aliphatic rings. The Morgan fingerprint density at radius 1 is 1.73 bits per heavy atom. The van der Waals surface area contributed by atoms with E-state index in [0.29, 0.717) is 10.8 Å². The molecule has 0 fully saturated rings. The maximum Gasteiger partial charge on any atom is 0.242 e. The Balaban J connectivity index is 3.14. The molecule has 0 aromatic carbocycles. The summed E-state index contributed by atoms with van der Waals surface area (Å²) in [5, 5.41) is 0.565. The molecule has 0 atom stereocenters. The first-order chi connectivity index (χ1) is 5.24. The maximum absolute atomic E-state index is 9.81. The lowest BCUT2D eigenvalue weighted by Crippen LogP contribution is -1.78. The second kappa shape index (κ2) is 3.28. The van der Waals surface area contributed by atoms with Crippen LogP contribution in [-0.2, 0) is 4.79 Å². The summed E-state index contributed by atoms with van der Waals surface area (Å²) < 4.78 is 0. The Morgan fingerprint density at radius 2 is 2.45 bits per heavy atom. The first-order valence-corrected chi connectivity index (χ1v) is 3.32. The first-order valence-electron chi connectivity index (χ1n) is 2.94. The van der Waals surface area contributed by atoms with Crippen molar-refractivity contribution in [3.05, 3.63) is 22.8 Å². The number of aryl methyl sites for hydroxylation is 1. The second-order valence-corrected chi connectivity index (χ2v) is 2.40. The van der Waals surface area contributed by atoms with E-state index in [1.54, 1.807) is 6.07 Å². The van der Waals surface area contributed by atoms with Gasteiger partial charge in [0, 0.05) is 6.20 Å². The Morgan fingerprint density at radius 3 is 3.00 bits per heavy atom. The summed E-state index contributed by atoms with van der Waals surface area (Å²) >= 11 is 5.68. The van der Waals surface area contributed by atoms with E-state index < -0.39 is 0 Å². The van der Waals surface area contributed by atoms with Crippen molar-refractivity contribution in [1.82, 2.24) is 4.98 Å². The van der Waals surface area contributed by atoms with Crippen molar-refractivity contribution in [3.8, 4) is 0 Å². The molecule has 1 aromatic rings. The van der Waals surface area contributed by atoms with Gasteiger partial charge in [0.1, 0.15) is 0 Å². The highest BCUT2D eigenvalue weighted by molar-refractivity contribution is 6.31. The lowest BCUT2D eigenvalue weighted by Gasteiger charge is -1.94. The minimum absolute atomic E-state index is 0.335. The summed E-state index contributed by atoms with van der Waals surface area (Å²) in [5.41, 5.74) is 0.843. The van der Waals surface area contributed by atoms with Crippen molar-refractivity contribution in [2.45, 2.75) is 6.92 Å². The molecular formula is C7H5ClN2O. The Hall–Kier alpha value is -1.18. The van der Waals surface area contributed by atoms with Crippen LogP contribution < -0.4 is 0 Å². The molecule has 0 unspecified atom stereocenters. The third kappa shape index (κ3) is 1.87. The molecule has 1 aromatic heterocycles. The van der Waals surface area contributed by atoms with E-state index in [1.807, 2.05) is 6.92 Å². The van der Waals surface area contributed by atoms with Crippen LogP contribution in [0.15, 0.2) is 17.3 Å². The number of aromatic nitrogens is 1. The van der Waals surface area contributed by atoms with Gasteiger partial charge in [-0.1, -0.05) is 11.6 Å². The van der Waals surface area contributed by atoms with Crippen LogP contribution in [-0.4, -0.2) is 11.1 Å². The fourth-order valence-corrected chi connectivity index (χ4v) is 0.736. The van der Waals surface area contributed by atoms with Gasteiger partial charge in [-0.25, -0.2) is 9.78 Å². The number of isocyanates is 1. The van der Waals surface area contributed by atoms with Crippen LogP contribution in [0.2, 0.25) is 5.02 Å². The van der Waals surface area contributed by atoms with Gasteiger partial charge in [-0.2, -0.15) is 0 Å². The van der Waals surface area contributed by atoms with Gasteiger partial charge < -0.3 is 0 Å². The van der Waals surface area contributed by atoms with Gasteiger partial charge in [-0.15, -0.1) is 4.99 Å². The minimum Gasteiger partial charge on any atom is -0.235 e. The molecular weight excluding hydrogens is 164 g/mol. The molecule has 3 nitrogen and oxygen atoms in total. The van der Waals surface area contributed by atoms with E-state index in [9.17, 15) is 4.79 Å². The van der Waals surface area contributed by atoms with Crippen molar-refractivity contribution in [1.29, 1.82) is 0 Å². The largest absolute Gasteiger partial charge is 0.242 e. The van der Waals surface area contributed by atoms with Crippen molar-refractivity contribution < 1.29 is 4.79 Å². The molecule has 1 rings (SSSR count). The highest BCUT2D eigenvalue weighted by Gasteiger charge is 1.96. The fraction of sp³-hybridized carbons (Fsp3) is 0.143. The number of aliphatic imine (C=N–C) groups is 1. The number of nitrogens with zero attached hydrogens (tertiary/aromatic N) is 2. The smallest absolute Gasteiger partial charge is 0.235 e. The van der Waals surface area contributed by atoms with E-state index >= 15 is 0 Å². The molecule has 0 spiro atoms. The Kier molecular flexibility index (Phi) is 2.36. The van der Waals surface area contributed by atoms with Gasteiger partial charge in [0.05, 0.1) is 5.02 Å². The zero-order valence-corrected chi connectivity index (χ0v) is 6.59. The van der Waals surface area contributed by atoms with Crippen molar-refractivity contribution in [2.75, 3.05) is 0 Å². The van der Waals surface area contributed by atoms with Gasteiger partial charge in [-0.3, -0.25) is 0 Å². The number of halogens is 1. The monoisotopic (exact) mass is 168 g/mol. The molecule has 0 saturated heterocycles. The minimum atomic E-state index is 0.335. The lowest BCUT2D eigenvalue weighted by molar-refractivity contribution is 0.565. The summed E-state index contributed by atoms with van der Waals surface area (Å²) in [5.74, 6) is 0.335. The molecule has 1 heterocycles. The van der Waals surface area contributed by atoms with Crippen molar-refractivity contribution >= 4 is 23.5 Å². The average molecular weight is 169 g/mol. The summed E-state index contributed by atoms with van der Waals surface area (Å²) in [7, 11) is 0. The summed E-state index contributed by atoms with van der Waals surface area (Å²) in [6.45, 7) is 1.81. The van der Waals surface area contributed by atoms with Gasteiger partial charge in [0.15, 0.2) is 5.82 Å². The molecule has 0 bridgehead atoms. The van der Waals surface area contributed by atoms with Crippen LogP contribution in [0.5, 0.6) is 0 Å². The molecule has 0 radical (unpaired) electrons. The van der Waals surface area contributed by atoms with E-state index in [1.165, 1.54) is 12.3 Å². The number of rotatable bonds is 1. The van der Waals surface area contributed by atoms with Crippen LogP contribution in [0.25, 0.3) is 0 Å². The van der Waals surface area contributed by atoms with Crippen LogP contribution >= 0.6 is 11.6 Å². The third-order valence-corrected chi connectivity index (χ3v) is 1.59. The quantitative estimate of drug-likeness (QED) is 0.476. The topological polar surface area (TPSA) is 42.3 Å². The average Bonchev–Trinajstić information content (AvgIpc) is 1.98. The van der Waals surface area contributed by atoms with Crippen molar-refractivity contribution in [2.24, 2.45) is 4.99 Å². The van der Waals surface area contributed by atoms with Crippen LogP contribution in [0.1, 0.15) is 5.56 Å². The molecule has 56 valence electrons. The van der Waals surface area contributed by atoms with E-state index in [2.05, 4.69) is 9.98 Å². The summed E-state index contributed by atoms with van der Waals surface area (Å²) in [6.07, 6.45) is 2.85. The molecule has 0 saturated carbocycles. The number of hydrogen-bond donors (Lipinski definition) is 0. The van der Waals surface area contributed by atoms with Gasteiger partial charge in [-0.05, 0) is 18.6 Å². The van der Waals surface area contributed by atoms with Gasteiger partial charge in [0.2, 0.25) is 6.08 Å². The van der Waals surface area contributed by atoms with Gasteiger partial charge >= 0.3 is 0 Å². The first kappa shape index (κ1) is 7.92. The van der Waals surface area contributed by atoms with Crippen LogP contribution in [0.4, 0.5) is 5.82 Å². The fourth-order valence-electron chi connectivity index (χ4n) is 0.632. The van der Waals surface area contributed by atoms with E-state index in [4.69, 9.17) is 11.6 Å². The molecule has 11 heavy (non-hydrogen) atoms. The lowest BCUT2D eigenvalue weighted by atomic mass is 10.3. The molecule has 0 amide bonds. The zero-order chi connectivity index (χ0) is 8.27. The van der Waals surface area contributed by atoms with E-state index in [-0.39, 0.29) is 0 Å². The Labute approximate surface area is 68.7 Å². The maximum atomic E-state index is 9.81. The standard InChI is InChI=1S/C7H5ClN2O/c1-5-2-7(10-4-11)9-3-6(5)8/h2-3H,1H3. The Bertz CT molecular complexity index is 318. The zero-order valence-electron chi connectivity index (χ0n) is 5.84. The van der Waals surface area contributed by atoms with E-state index in [0.717, 1.165) is 5.56 Å². The molecule has 0 aliphatic carbocycles. The normalized spacial score (nSPS) is 8.91. The predicted molar refractivity (Wildman–Crippen MR) is 41.8 cm³/mol. The molecule has 0 aliphatic heterocycles. The van der Waals surface area contributed by atoms with Crippen molar-refractivity contribution in [3.63, 3.8) is 0 Å².